The van der Waals surface area contributed by atoms with Crippen LogP contribution in [0.4, 0.5) is 8.78 Å². The summed E-state index contributed by atoms with van der Waals surface area (Å²) in [5, 5.41) is 0. The van der Waals surface area contributed by atoms with Gasteiger partial charge in [0, 0.05) is 18.7 Å². The van der Waals surface area contributed by atoms with Crippen molar-refractivity contribution in [1.29, 1.82) is 0 Å². The predicted octanol–water partition coefficient (Wildman–Crippen LogP) is 3.76. The molecule has 2 aromatic carbocycles. The van der Waals surface area contributed by atoms with Gasteiger partial charge in [-0.25, -0.2) is 8.78 Å². The zero-order valence-corrected chi connectivity index (χ0v) is 15.2. The molecule has 0 aliphatic heterocycles. The number of aromatic nitrogens is 1. The number of carbonyl (C=O) groups excluding carboxylic acids is 1. The molecule has 0 unspecified atom stereocenters. The van der Waals surface area contributed by atoms with E-state index >= 15 is 0 Å². The van der Waals surface area contributed by atoms with Crippen LogP contribution in [0.25, 0.3) is 10.2 Å². The van der Waals surface area contributed by atoms with Gasteiger partial charge in [0.05, 0.1) is 24.4 Å². The number of hydrogen-bond donors (Lipinski definition) is 0. The molecule has 0 N–H and O–H groups in total. The monoisotopic (exact) mass is 378 g/mol. The van der Waals surface area contributed by atoms with Gasteiger partial charge in [-0.05, 0) is 19.1 Å². The summed E-state index contributed by atoms with van der Waals surface area (Å²) in [5.74, 6) is -1.76. The Morgan fingerprint density at radius 3 is 2.35 bits per heavy atom. The van der Waals surface area contributed by atoms with Crippen LogP contribution in [-0.2, 0) is 6.54 Å². The summed E-state index contributed by atoms with van der Waals surface area (Å²) in [6.45, 7) is 2.40. The van der Waals surface area contributed by atoms with Gasteiger partial charge in [0.1, 0.15) is 17.2 Å². The summed E-state index contributed by atoms with van der Waals surface area (Å²) >= 11 is 1.23. The second kappa shape index (κ2) is 7.25. The summed E-state index contributed by atoms with van der Waals surface area (Å²) in [6.07, 6.45) is 0. The van der Waals surface area contributed by atoms with Crippen LogP contribution in [0, 0.1) is 11.6 Å². The minimum atomic E-state index is -0.965. The Morgan fingerprint density at radius 2 is 1.77 bits per heavy atom. The van der Waals surface area contributed by atoms with Gasteiger partial charge < -0.3 is 14.0 Å². The number of hydrogen-bond acceptors (Lipinski definition) is 4. The first kappa shape index (κ1) is 18.1. The molecular formula is C18H16F2N2O3S. The number of fused-ring (bicyclic) bond motifs is 1. The van der Waals surface area contributed by atoms with E-state index in [0.717, 1.165) is 22.3 Å². The maximum Gasteiger partial charge on any atom is 0.285 e. The minimum Gasteiger partial charge on any atom is -0.493 e. The lowest BCUT2D eigenvalue weighted by Crippen LogP contribution is -2.17. The van der Waals surface area contributed by atoms with Crippen molar-refractivity contribution >= 4 is 27.5 Å². The molecule has 5 nitrogen and oxygen atoms in total. The van der Waals surface area contributed by atoms with E-state index in [0.29, 0.717) is 22.8 Å². The van der Waals surface area contributed by atoms with Crippen molar-refractivity contribution in [3.63, 3.8) is 0 Å². The van der Waals surface area contributed by atoms with E-state index in [-0.39, 0.29) is 0 Å². The predicted molar refractivity (Wildman–Crippen MR) is 94.8 cm³/mol. The number of benzene rings is 2. The third-order valence-corrected chi connectivity index (χ3v) is 4.92. The highest BCUT2D eigenvalue weighted by Crippen LogP contribution is 2.33. The first-order chi connectivity index (χ1) is 12.5. The Hall–Kier alpha value is -2.74. The molecule has 3 aromatic rings. The molecule has 0 atom stereocenters. The van der Waals surface area contributed by atoms with Crippen LogP contribution in [0.5, 0.6) is 11.5 Å². The summed E-state index contributed by atoms with van der Waals surface area (Å²) < 4.78 is 40.8. The molecule has 1 amide bonds. The van der Waals surface area contributed by atoms with Crippen molar-refractivity contribution in [2.75, 3.05) is 14.2 Å². The number of rotatable bonds is 4. The van der Waals surface area contributed by atoms with E-state index in [2.05, 4.69) is 4.99 Å². The van der Waals surface area contributed by atoms with Crippen LogP contribution >= 0.6 is 11.3 Å². The Bertz CT molecular complexity index is 1040. The van der Waals surface area contributed by atoms with E-state index in [9.17, 15) is 13.6 Å². The van der Waals surface area contributed by atoms with E-state index in [4.69, 9.17) is 9.47 Å². The molecule has 1 heterocycles. The number of methoxy groups -OCH3 is 2. The largest absolute Gasteiger partial charge is 0.493 e. The van der Waals surface area contributed by atoms with Crippen molar-refractivity contribution in [1.82, 2.24) is 4.57 Å². The lowest BCUT2D eigenvalue weighted by atomic mass is 10.2. The third-order valence-electron chi connectivity index (χ3n) is 3.88. The van der Waals surface area contributed by atoms with Crippen LogP contribution in [0.1, 0.15) is 17.3 Å². The Morgan fingerprint density at radius 1 is 1.15 bits per heavy atom. The molecule has 0 aliphatic rings. The maximum absolute atomic E-state index is 13.8. The molecule has 0 saturated carbocycles. The second-order valence-electron chi connectivity index (χ2n) is 5.32. The number of nitrogens with zero attached hydrogens (tertiary/aromatic N) is 2. The number of halogens is 2. The minimum absolute atomic E-state index is 0.338. The van der Waals surface area contributed by atoms with Gasteiger partial charge >= 0.3 is 0 Å². The fraction of sp³-hybridized carbons (Fsp3) is 0.222. The number of amides is 1. The highest BCUT2D eigenvalue weighted by molar-refractivity contribution is 7.16. The summed E-state index contributed by atoms with van der Waals surface area (Å²) in [6, 6.07) is 6.81. The molecule has 3 rings (SSSR count). The molecule has 0 bridgehead atoms. The lowest BCUT2D eigenvalue weighted by Gasteiger charge is -2.08. The van der Waals surface area contributed by atoms with Gasteiger partial charge in [0.15, 0.2) is 16.3 Å². The number of thiazole rings is 1. The van der Waals surface area contributed by atoms with E-state index in [1.54, 1.807) is 16.7 Å². The molecule has 0 aliphatic carbocycles. The Labute approximate surface area is 152 Å². The van der Waals surface area contributed by atoms with Crippen LogP contribution in [0.15, 0.2) is 35.3 Å². The molecule has 0 radical (unpaired) electrons. The average Bonchev–Trinajstić information content (AvgIpc) is 2.95. The van der Waals surface area contributed by atoms with Gasteiger partial charge in [-0.2, -0.15) is 4.99 Å². The molecule has 8 heteroatoms. The molecular weight excluding hydrogens is 362 g/mol. The lowest BCUT2D eigenvalue weighted by molar-refractivity contribution is 0.0990. The first-order valence-corrected chi connectivity index (χ1v) is 8.60. The highest BCUT2D eigenvalue weighted by Gasteiger charge is 2.18. The van der Waals surface area contributed by atoms with E-state index in [1.165, 1.54) is 31.6 Å². The molecule has 0 saturated heterocycles. The molecule has 26 heavy (non-hydrogen) atoms. The topological polar surface area (TPSA) is 52.8 Å². The van der Waals surface area contributed by atoms with Crippen molar-refractivity contribution < 1.29 is 23.0 Å². The van der Waals surface area contributed by atoms with Crippen LogP contribution in [-0.4, -0.2) is 24.7 Å². The van der Waals surface area contributed by atoms with Gasteiger partial charge in [-0.3, -0.25) is 4.79 Å². The molecule has 1 aromatic heterocycles. The standard InChI is InChI=1S/C18H16F2N2O3S/c1-4-22-12-8-13(24-2)14(25-3)9-15(12)26-18(22)21-17(23)16-10(19)6-5-7-11(16)20/h5-9H,4H2,1-3H3. The molecule has 136 valence electrons. The number of aryl methyl sites for hydroxylation is 1. The van der Waals surface area contributed by atoms with Gasteiger partial charge in [-0.1, -0.05) is 17.4 Å². The zero-order valence-electron chi connectivity index (χ0n) is 14.4. The number of carbonyl (C=O) groups is 1. The maximum atomic E-state index is 13.8. The van der Waals surface area contributed by atoms with Crippen molar-refractivity contribution in [3.05, 3.63) is 52.3 Å². The Kier molecular flexibility index (Phi) is 5.03. The zero-order chi connectivity index (χ0) is 18.8. The molecule has 0 spiro atoms. The van der Waals surface area contributed by atoms with Crippen LogP contribution < -0.4 is 14.3 Å². The van der Waals surface area contributed by atoms with Gasteiger partial charge in [0.2, 0.25) is 0 Å². The third kappa shape index (κ3) is 3.08. The van der Waals surface area contributed by atoms with E-state index in [1.807, 2.05) is 6.92 Å². The van der Waals surface area contributed by atoms with Crippen molar-refractivity contribution in [3.8, 4) is 11.5 Å². The van der Waals surface area contributed by atoms with E-state index < -0.39 is 23.1 Å². The molecule has 0 fully saturated rings. The van der Waals surface area contributed by atoms with Gasteiger partial charge in [-0.15, -0.1) is 0 Å². The fourth-order valence-corrected chi connectivity index (χ4v) is 3.73. The van der Waals surface area contributed by atoms with Crippen molar-refractivity contribution in [2.45, 2.75) is 13.5 Å². The quantitative estimate of drug-likeness (QED) is 0.695. The van der Waals surface area contributed by atoms with Crippen LogP contribution in [0.3, 0.4) is 0 Å². The van der Waals surface area contributed by atoms with Crippen molar-refractivity contribution in [2.24, 2.45) is 4.99 Å². The highest BCUT2D eigenvalue weighted by atomic mass is 32.1. The normalized spacial score (nSPS) is 11.8. The SMILES string of the molecule is CCn1c(=NC(=O)c2c(F)cccc2F)sc2cc(OC)c(OC)cc21. The summed E-state index contributed by atoms with van der Waals surface area (Å²) in [4.78, 5) is 16.6. The van der Waals surface area contributed by atoms with Gasteiger partial charge in [0.25, 0.3) is 5.91 Å². The first-order valence-electron chi connectivity index (χ1n) is 7.78. The van der Waals surface area contributed by atoms with Crippen LogP contribution in [0.2, 0.25) is 0 Å². The number of ether oxygens (including phenoxy) is 2. The second-order valence-corrected chi connectivity index (χ2v) is 6.33. The average molecular weight is 378 g/mol. The summed E-state index contributed by atoms with van der Waals surface area (Å²) in [7, 11) is 3.06. The smallest absolute Gasteiger partial charge is 0.285 e. The Balaban J connectivity index is 2.21. The summed E-state index contributed by atoms with van der Waals surface area (Å²) in [5.41, 5.74) is 0.124. The fourth-order valence-electron chi connectivity index (χ4n) is 2.63.